The topological polar surface area (TPSA) is 92.6 Å². The van der Waals surface area contributed by atoms with Crippen LogP contribution in [-0.2, 0) is 9.59 Å². The molecule has 0 heterocycles. The average Bonchev–Trinajstić information content (AvgIpc) is 2.65. The van der Waals surface area contributed by atoms with E-state index in [-0.39, 0.29) is 16.5 Å². The lowest BCUT2D eigenvalue weighted by molar-refractivity contribution is -0.387. The molecular formula is C16H12Cl3N3O4S. The number of benzene rings is 2. The second-order valence-corrected chi connectivity index (χ2v) is 7.03. The van der Waals surface area contributed by atoms with E-state index >= 15 is 0 Å². The van der Waals surface area contributed by atoms with Gasteiger partial charge in [-0.15, -0.1) is 23.2 Å². The molecule has 2 amide bonds. The Kier molecular flexibility index (Phi) is 7.73. The molecule has 7 nitrogen and oxygen atoms in total. The third-order valence-electron chi connectivity index (χ3n) is 3.17. The summed E-state index contributed by atoms with van der Waals surface area (Å²) in [4.78, 5) is 35.4. The van der Waals surface area contributed by atoms with Gasteiger partial charge >= 0.3 is 0 Å². The van der Waals surface area contributed by atoms with E-state index in [0.717, 1.165) is 16.8 Å². The number of nitro groups is 1. The summed E-state index contributed by atoms with van der Waals surface area (Å²) < 4.78 is 0. The Morgan fingerprint density at radius 3 is 2.44 bits per heavy atom. The number of hydrogen-bond acceptors (Lipinski definition) is 5. The molecule has 27 heavy (non-hydrogen) atoms. The standard InChI is InChI=1S/C16H12Cl3N3O4S/c17-8-15(23)20-21(16(24)9-18)11-3-1-2-4-13(11)27-14-7-10(19)5-6-12(14)22(25)26/h1-7H,8-9H2,(H,20,23). The molecule has 2 aromatic rings. The molecular weight excluding hydrogens is 437 g/mol. The van der Waals surface area contributed by atoms with Crippen LogP contribution in [0.2, 0.25) is 5.02 Å². The first-order valence-corrected chi connectivity index (χ1v) is 9.59. The van der Waals surface area contributed by atoms with Crippen molar-refractivity contribution < 1.29 is 14.5 Å². The van der Waals surface area contributed by atoms with Crippen LogP contribution in [0.25, 0.3) is 0 Å². The molecule has 0 radical (unpaired) electrons. The van der Waals surface area contributed by atoms with E-state index in [1.54, 1.807) is 24.3 Å². The van der Waals surface area contributed by atoms with Crippen LogP contribution in [0.15, 0.2) is 52.3 Å². The van der Waals surface area contributed by atoms with Crippen LogP contribution in [0.4, 0.5) is 11.4 Å². The van der Waals surface area contributed by atoms with Gasteiger partial charge in [0, 0.05) is 16.0 Å². The highest BCUT2D eigenvalue weighted by Crippen LogP contribution is 2.40. The smallest absolute Gasteiger partial charge is 0.272 e. The number of nitrogens with one attached hydrogen (secondary N) is 1. The minimum absolute atomic E-state index is 0.140. The van der Waals surface area contributed by atoms with Crippen LogP contribution < -0.4 is 10.4 Å². The third kappa shape index (κ3) is 5.49. The SMILES string of the molecule is O=C(CCl)NN(C(=O)CCl)c1ccccc1Sc1cc(Cl)ccc1[N+](=O)[O-]. The zero-order chi connectivity index (χ0) is 20.0. The van der Waals surface area contributed by atoms with E-state index in [2.05, 4.69) is 5.43 Å². The molecule has 142 valence electrons. The van der Waals surface area contributed by atoms with Crippen molar-refractivity contribution in [2.24, 2.45) is 0 Å². The fraction of sp³-hybridized carbons (Fsp3) is 0.125. The lowest BCUT2D eigenvalue weighted by Gasteiger charge is -2.24. The van der Waals surface area contributed by atoms with Crippen molar-refractivity contribution in [2.75, 3.05) is 16.8 Å². The first kappa shape index (κ1) is 21.3. The Morgan fingerprint density at radius 1 is 1.11 bits per heavy atom. The van der Waals surface area contributed by atoms with Crippen molar-refractivity contribution in [1.29, 1.82) is 0 Å². The zero-order valence-electron chi connectivity index (χ0n) is 13.5. The quantitative estimate of drug-likeness (QED) is 0.405. The van der Waals surface area contributed by atoms with Crippen molar-refractivity contribution in [3.63, 3.8) is 0 Å². The number of hydrazine groups is 1. The predicted molar refractivity (Wildman–Crippen MR) is 106 cm³/mol. The Labute approximate surface area is 173 Å². The van der Waals surface area contributed by atoms with Gasteiger partial charge in [-0.1, -0.05) is 35.5 Å². The Hall–Kier alpha value is -2.00. The molecule has 0 saturated carbocycles. The fourth-order valence-electron chi connectivity index (χ4n) is 2.04. The second kappa shape index (κ2) is 9.80. The van der Waals surface area contributed by atoms with Crippen LogP contribution in [0.5, 0.6) is 0 Å². The Bertz CT molecular complexity index is 882. The van der Waals surface area contributed by atoms with Crippen molar-refractivity contribution in [3.8, 4) is 0 Å². The summed E-state index contributed by atoms with van der Waals surface area (Å²) in [6.07, 6.45) is 0. The van der Waals surface area contributed by atoms with E-state index in [1.165, 1.54) is 18.2 Å². The zero-order valence-corrected chi connectivity index (χ0v) is 16.6. The van der Waals surface area contributed by atoms with Gasteiger partial charge in [0.15, 0.2) is 0 Å². The van der Waals surface area contributed by atoms with Gasteiger partial charge in [0.05, 0.1) is 15.5 Å². The van der Waals surface area contributed by atoms with Gasteiger partial charge < -0.3 is 0 Å². The molecule has 1 N–H and O–H groups in total. The third-order valence-corrected chi connectivity index (χ3v) is 4.98. The highest BCUT2D eigenvalue weighted by atomic mass is 35.5. The molecule has 0 bridgehead atoms. The molecule has 2 aromatic carbocycles. The molecule has 11 heteroatoms. The van der Waals surface area contributed by atoms with Gasteiger partial charge in [-0.2, -0.15) is 0 Å². The number of carbonyl (C=O) groups is 2. The first-order chi connectivity index (χ1) is 12.9. The highest BCUT2D eigenvalue weighted by molar-refractivity contribution is 7.99. The maximum atomic E-state index is 12.2. The number of alkyl halides is 2. The monoisotopic (exact) mass is 447 g/mol. The summed E-state index contributed by atoms with van der Waals surface area (Å²) in [5.41, 5.74) is 2.52. The molecule has 0 spiro atoms. The second-order valence-electron chi connectivity index (χ2n) is 4.97. The van der Waals surface area contributed by atoms with E-state index in [4.69, 9.17) is 34.8 Å². The summed E-state index contributed by atoms with van der Waals surface area (Å²) in [6, 6.07) is 10.7. The summed E-state index contributed by atoms with van der Waals surface area (Å²) in [5.74, 6) is -1.95. The minimum Gasteiger partial charge on any atom is -0.272 e. The van der Waals surface area contributed by atoms with E-state index in [9.17, 15) is 19.7 Å². The van der Waals surface area contributed by atoms with Crippen molar-refractivity contribution >= 4 is 69.8 Å². The maximum Gasteiger partial charge on any atom is 0.283 e. The number of amides is 2. The van der Waals surface area contributed by atoms with Gasteiger partial charge in [-0.05, 0) is 24.3 Å². The summed E-state index contributed by atoms with van der Waals surface area (Å²) >= 11 is 18.1. The molecule has 0 aliphatic heterocycles. The van der Waals surface area contributed by atoms with Gasteiger partial charge in [0.1, 0.15) is 11.8 Å². The number of carbonyl (C=O) groups excluding carboxylic acids is 2. The Morgan fingerprint density at radius 2 is 1.81 bits per heavy atom. The van der Waals surface area contributed by atoms with Crippen LogP contribution in [0.3, 0.4) is 0 Å². The predicted octanol–water partition coefficient (Wildman–Crippen LogP) is 4.24. The lowest BCUT2D eigenvalue weighted by atomic mass is 10.3. The number of rotatable bonds is 6. The average molecular weight is 449 g/mol. The van der Waals surface area contributed by atoms with Gasteiger partial charge in [-0.25, -0.2) is 5.01 Å². The van der Waals surface area contributed by atoms with Crippen molar-refractivity contribution in [1.82, 2.24) is 5.43 Å². The molecule has 0 aliphatic carbocycles. The maximum absolute atomic E-state index is 12.2. The Balaban J connectivity index is 2.48. The minimum atomic E-state index is -0.608. The molecule has 0 fully saturated rings. The van der Waals surface area contributed by atoms with Crippen LogP contribution in [0.1, 0.15) is 0 Å². The van der Waals surface area contributed by atoms with E-state index in [0.29, 0.717) is 15.6 Å². The lowest BCUT2D eigenvalue weighted by Crippen LogP contribution is -2.48. The van der Waals surface area contributed by atoms with Gasteiger partial charge in [-0.3, -0.25) is 25.1 Å². The van der Waals surface area contributed by atoms with E-state index < -0.39 is 22.6 Å². The molecule has 0 unspecified atom stereocenters. The molecule has 0 saturated heterocycles. The normalized spacial score (nSPS) is 10.3. The highest BCUT2D eigenvalue weighted by Gasteiger charge is 2.22. The molecule has 2 rings (SSSR count). The van der Waals surface area contributed by atoms with Crippen LogP contribution in [-0.4, -0.2) is 28.5 Å². The number of nitrogens with zero attached hydrogens (tertiary/aromatic N) is 2. The molecule has 0 aromatic heterocycles. The van der Waals surface area contributed by atoms with Gasteiger partial charge in [0.25, 0.3) is 17.5 Å². The first-order valence-electron chi connectivity index (χ1n) is 7.32. The summed E-state index contributed by atoms with van der Waals surface area (Å²) in [5, 5.41) is 12.6. The molecule has 0 aliphatic rings. The number of halogens is 3. The van der Waals surface area contributed by atoms with E-state index in [1.807, 2.05) is 0 Å². The number of nitro benzene ring substituents is 1. The summed E-state index contributed by atoms with van der Waals surface area (Å²) in [6.45, 7) is 0. The van der Waals surface area contributed by atoms with Crippen LogP contribution in [0, 0.1) is 10.1 Å². The van der Waals surface area contributed by atoms with Crippen molar-refractivity contribution in [2.45, 2.75) is 9.79 Å². The number of anilines is 1. The van der Waals surface area contributed by atoms with Crippen molar-refractivity contribution in [3.05, 3.63) is 57.6 Å². The largest absolute Gasteiger partial charge is 0.283 e. The molecule has 0 atom stereocenters. The fourth-order valence-corrected chi connectivity index (χ4v) is 3.54. The summed E-state index contributed by atoms with van der Waals surface area (Å²) in [7, 11) is 0. The number of hydrogen-bond donors (Lipinski definition) is 1. The number of para-hydroxylation sites is 1. The van der Waals surface area contributed by atoms with Gasteiger partial charge in [0.2, 0.25) is 0 Å². The van der Waals surface area contributed by atoms with Crippen LogP contribution >= 0.6 is 46.6 Å².